The van der Waals surface area contributed by atoms with Crippen LogP contribution in [0.15, 0.2) is 35.3 Å². The molecule has 0 aliphatic rings. The lowest BCUT2D eigenvalue weighted by Gasteiger charge is -2.16. The number of carboxylic acid groups (broad SMARTS) is 1. The molecule has 1 aromatic carbocycles. The Bertz CT molecular complexity index is 1090. The zero-order valence-electron chi connectivity index (χ0n) is 14.3. The number of aromatic amines is 1. The summed E-state index contributed by atoms with van der Waals surface area (Å²) in [6.07, 6.45) is 0.230. The van der Waals surface area contributed by atoms with Crippen molar-refractivity contribution in [2.75, 3.05) is 17.3 Å². The molecule has 10 heteroatoms. The molecule has 3 N–H and O–H groups in total. The van der Waals surface area contributed by atoms with E-state index in [0.29, 0.717) is 10.9 Å². The van der Waals surface area contributed by atoms with E-state index in [1.54, 1.807) is 13.0 Å². The van der Waals surface area contributed by atoms with E-state index >= 15 is 0 Å². The van der Waals surface area contributed by atoms with Gasteiger partial charge in [-0.3, -0.25) is 9.69 Å². The van der Waals surface area contributed by atoms with E-state index in [-0.39, 0.29) is 22.3 Å². The quantitative estimate of drug-likeness (QED) is 0.628. The van der Waals surface area contributed by atoms with Crippen LogP contribution in [0, 0.1) is 5.82 Å². The largest absolute Gasteiger partial charge is 0.465 e. The maximum atomic E-state index is 13.9. The number of aromatic nitrogens is 3. The first kappa shape index (κ1) is 18.6. The maximum Gasteiger partial charge on any atom is 0.412 e. The standard InChI is InChI=1S/C17H15ClFN5O3/c1-8(21-16-20-4-3-13(22-16)24(2)17(26)27)11-6-9-5-10(18)7-12(19)14(9)23-15(11)25/h3-8H,1-2H3,(H,23,25)(H,26,27)(H,20,21,22)/t8-/m0/s1. The number of halogens is 2. The van der Waals surface area contributed by atoms with Crippen molar-refractivity contribution in [3.63, 3.8) is 0 Å². The predicted molar refractivity (Wildman–Crippen MR) is 100 cm³/mol. The second-order valence-corrected chi connectivity index (χ2v) is 6.29. The monoisotopic (exact) mass is 391 g/mol. The lowest BCUT2D eigenvalue weighted by atomic mass is 10.1. The van der Waals surface area contributed by atoms with Crippen LogP contribution in [-0.2, 0) is 0 Å². The molecule has 0 saturated heterocycles. The molecule has 2 heterocycles. The summed E-state index contributed by atoms with van der Waals surface area (Å²) < 4.78 is 13.9. The van der Waals surface area contributed by atoms with Gasteiger partial charge in [0.25, 0.3) is 5.56 Å². The van der Waals surface area contributed by atoms with Gasteiger partial charge in [-0.1, -0.05) is 11.6 Å². The minimum atomic E-state index is -1.17. The third-order valence-electron chi connectivity index (χ3n) is 3.98. The second-order valence-electron chi connectivity index (χ2n) is 5.85. The first-order valence-electron chi connectivity index (χ1n) is 7.84. The Morgan fingerprint density at radius 1 is 1.41 bits per heavy atom. The van der Waals surface area contributed by atoms with Gasteiger partial charge in [-0.2, -0.15) is 4.98 Å². The third kappa shape index (κ3) is 3.82. The van der Waals surface area contributed by atoms with Crippen LogP contribution < -0.4 is 15.8 Å². The Morgan fingerprint density at radius 3 is 2.85 bits per heavy atom. The van der Waals surface area contributed by atoms with Crippen LogP contribution in [0.5, 0.6) is 0 Å². The molecule has 0 fully saturated rings. The van der Waals surface area contributed by atoms with Crippen molar-refractivity contribution in [3.8, 4) is 0 Å². The predicted octanol–water partition coefficient (Wildman–Crippen LogP) is 3.40. The number of fused-ring (bicyclic) bond motifs is 1. The number of anilines is 2. The van der Waals surface area contributed by atoms with Gasteiger partial charge in [0.1, 0.15) is 11.6 Å². The summed E-state index contributed by atoms with van der Waals surface area (Å²) in [6, 6.07) is 5.11. The van der Waals surface area contributed by atoms with E-state index in [9.17, 15) is 14.0 Å². The van der Waals surface area contributed by atoms with E-state index < -0.39 is 23.5 Å². The van der Waals surface area contributed by atoms with Gasteiger partial charge in [0.05, 0.1) is 11.6 Å². The van der Waals surface area contributed by atoms with Crippen molar-refractivity contribution in [1.29, 1.82) is 0 Å². The lowest BCUT2D eigenvalue weighted by molar-refractivity contribution is 0.203. The topological polar surface area (TPSA) is 111 Å². The number of hydrogen-bond donors (Lipinski definition) is 3. The van der Waals surface area contributed by atoms with Gasteiger partial charge < -0.3 is 15.4 Å². The van der Waals surface area contributed by atoms with Gasteiger partial charge in [-0.05, 0) is 31.2 Å². The van der Waals surface area contributed by atoms with Crippen molar-refractivity contribution in [1.82, 2.24) is 15.0 Å². The summed E-state index contributed by atoms with van der Waals surface area (Å²) in [6.45, 7) is 1.70. The Morgan fingerprint density at radius 2 is 2.15 bits per heavy atom. The molecule has 1 amide bonds. The Hall–Kier alpha value is -3.20. The highest BCUT2D eigenvalue weighted by Crippen LogP contribution is 2.23. The van der Waals surface area contributed by atoms with E-state index in [2.05, 4.69) is 20.3 Å². The number of nitrogens with zero attached hydrogens (tertiary/aromatic N) is 3. The minimum absolute atomic E-state index is 0.0710. The zero-order valence-corrected chi connectivity index (χ0v) is 15.1. The van der Waals surface area contributed by atoms with Crippen molar-refractivity contribution >= 4 is 40.4 Å². The Labute approximate surface area is 157 Å². The molecule has 0 spiro atoms. The number of nitrogens with one attached hydrogen (secondary N) is 2. The van der Waals surface area contributed by atoms with E-state index in [1.165, 1.54) is 25.4 Å². The SMILES string of the molecule is C[C@H](Nc1nccc(N(C)C(=O)O)n1)c1cc2cc(Cl)cc(F)c2[nH]c1=O. The lowest BCUT2D eigenvalue weighted by Crippen LogP contribution is -2.25. The average molecular weight is 392 g/mol. The van der Waals surface area contributed by atoms with Gasteiger partial charge >= 0.3 is 6.09 Å². The highest BCUT2D eigenvalue weighted by molar-refractivity contribution is 6.31. The summed E-state index contributed by atoms with van der Waals surface area (Å²) in [5.74, 6) is -0.298. The Kier molecular flexibility index (Phi) is 4.95. The van der Waals surface area contributed by atoms with Crippen LogP contribution >= 0.6 is 11.6 Å². The highest BCUT2D eigenvalue weighted by atomic mass is 35.5. The number of carbonyl (C=O) groups is 1. The second kappa shape index (κ2) is 7.20. The molecular weight excluding hydrogens is 377 g/mol. The van der Waals surface area contributed by atoms with E-state index in [0.717, 1.165) is 11.0 Å². The first-order chi connectivity index (χ1) is 12.8. The fourth-order valence-corrected chi connectivity index (χ4v) is 2.77. The summed E-state index contributed by atoms with van der Waals surface area (Å²) in [4.78, 5) is 35.0. The molecule has 0 radical (unpaired) electrons. The van der Waals surface area contributed by atoms with Crippen molar-refractivity contribution < 1.29 is 14.3 Å². The zero-order chi connectivity index (χ0) is 19.7. The van der Waals surface area contributed by atoms with Crippen molar-refractivity contribution in [2.24, 2.45) is 0 Å². The number of benzene rings is 1. The summed E-state index contributed by atoms with van der Waals surface area (Å²) in [5.41, 5.74) is -0.0750. The molecule has 27 heavy (non-hydrogen) atoms. The molecule has 0 bridgehead atoms. The van der Waals surface area contributed by atoms with Crippen LogP contribution in [0.25, 0.3) is 10.9 Å². The molecule has 3 rings (SSSR count). The van der Waals surface area contributed by atoms with Gasteiger partial charge in [-0.15, -0.1) is 0 Å². The number of rotatable bonds is 4. The van der Waals surface area contributed by atoms with Crippen LogP contribution in [0.4, 0.5) is 21.0 Å². The molecule has 0 aliphatic carbocycles. The van der Waals surface area contributed by atoms with Crippen LogP contribution in [0.2, 0.25) is 5.02 Å². The summed E-state index contributed by atoms with van der Waals surface area (Å²) in [5, 5.41) is 12.6. The fraction of sp³-hybridized carbons (Fsp3) is 0.176. The van der Waals surface area contributed by atoms with Gasteiger partial charge in [0.15, 0.2) is 0 Å². The van der Waals surface area contributed by atoms with Crippen molar-refractivity contribution in [3.05, 3.63) is 57.2 Å². The number of H-pyrrole nitrogens is 1. The maximum absolute atomic E-state index is 13.9. The normalized spacial score (nSPS) is 12.0. The summed E-state index contributed by atoms with van der Waals surface area (Å²) in [7, 11) is 1.35. The fourth-order valence-electron chi connectivity index (χ4n) is 2.55. The van der Waals surface area contributed by atoms with E-state index in [1.807, 2.05) is 0 Å². The Balaban J connectivity index is 1.94. The molecule has 3 aromatic rings. The summed E-state index contributed by atoms with van der Waals surface area (Å²) >= 11 is 5.88. The first-order valence-corrected chi connectivity index (χ1v) is 8.22. The van der Waals surface area contributed by atoms with Gasteiger partial charge in [0.2, 0.25) is 5.95 Å². The highest BCUT2D eigenvalue weighted by Gasteiger charge is 2.16. The molecule has 0 unspecified atom stereocenters. The van der Waals surface area contributed by atoms with Crippen LogP contribution in [0.1, 0.15) is 18.5 Å². The molecule has 140 valence electrons. The molecule has 2 aromatic heterocycles. The molecule has 0 aliphatic heterocycles. The smallest absolute Gasteiger partial charge is 0.412 e. The molecule has 1 atom stereocenters. The third-order valence-corrected chi connectivity index (χ3v) is 4.20. The van der Waals surface area contributed by atoms with E-state index in [4.69, 9.17) is 16.7 Å². The minimum Gasteiger partial charge on any atom is -0.465 e. The van der Waals surface area contributed by atoms with Crippen LogP contribution in [-0.4, -0.2) is 33.2 Å². The number of hydrogen-bond acceptors (Lipinski definition) is 5. The van der Waals surface area contributed by atoms with Gasteiger partial charge in [0, 0.05) is 29.2 Å². The average Bonchev–Trinajstić information content (AvgIpc) is 2.61. The molecule has 0 saturated carbocycles. The number of amides is 1. The van der Waals surface area contributed by atoms with Gasteiger partial charge in [-0.25, -0.2) is 14.2 Å². The number of pyridine rings is 1. The van der Waals surface area contributed by atoms with Crippen molar-refractivity contribution in [2.45, 2.75) is 13.0 Å². The molecular formula is C17H15ClFN5O3. The van der Waals surface area contributed by atoms with Crippen LogP contribution in [0.3, 0.4) is 0 Å². The molecule has 8 nitrogen and oxygen atoms in total.